The van der Waals surface area contributed by atoms with Gasteiger partial charge in [-0.2, -0.15) is 0 Å². The molecule has 1 rings (SSSR count). The molecule has 0 aliphatic heterocycles. The number of carbonyl (C=O) groups excluding carboxylic acids is 1. The highest BCUT2D eigenvalue weighted by atomic mass is 32.2. The van der Waals surface area contributed by atoms with Crippen LogP contribution in [0.2, 0.25) is 0 Å². The molecule has 5 nitrogen and oxygen atoms in total. The molecule has 84 valence electrons. The molecule has 0 N–H and O–H groups in total. The average molecular weight is 238 g/mol. The van der Waals surface area contributed by atoms with Crippen LogP contribution in [0, 0.1) is 10.1 Å². The number of aromatic nitrogens is 1. The van der Waals surface area contributed by atoms with Crippen molar-refractivity contribution in [3.05, 3.63) is 40.1 Å². The molecule has 0 amide bonds. The lowest BCUT2D eigenvalue weighted by atomic mass is 10.2. The number of nitro groups is 1. The van der Waals surface area contributed by atoms with Gasteiger partial charge in [-0.3, -0.25) is 4.79 Å². The van der Waals surface area contributed by atoms with Gasteiger partial charge >= 0.3 is 5.82 Å². The summed E-state index contributed by atoms with van der Waals surface area (Å²) in [6.45, 7) is 1.48. The summed E-state index contributed by atoms with van der Waals surface area (Å²) >= 11 is 1.15. The predicted octanol–water partition coefficient (Wildman–Crippen LogP) is 2.28. The second-order valence-corrected chi connectivity index (χ2v) is 4.08. The Bertz CT molecular complexity index is 432. The van der Waals surface area contributed by atoms with Gasteiger partial charge in [0.1, 0.15) is 6.20 Å². The van der Waals surface area contributed by atoms with Crippen LogP contribution in [0.1, 0.15) is 12.5 Å². The van der Waals surface area contributed by atoms with Crippen molar-refractivity contribution in [1.82, 2.24) is 4.98 Å². The van der Waals surface area contributed by atoms with Crippen molar-refractivity contribution in [1.29, 1.82) is 0 Å². The maximum Gasteiger partial charge on any atom is 0.370 e. The van der Waals surface area contributed by atoms with Crippen molar-refractivity contribution in [3.63, 3.8) is 0 Å². The zero-order valence-electron chi connectivity index (χ0n) is 8.62. The van der Waals surface area contributed by atoms with Crippen LogP contribution < -0.4 is 0 Å². The number of hydrogen-bond donors (Lipinski definition) is 0. The van der Waals surface area contributed by atoms with E-state index < -0.39 is 4.92 Å². The maximum absolute atomic E-state index is 10.6. The molecule has 0 radical (unpaired) electrons. The van der Waals surface area contributed by atoms with Crippen LogP contribution in [0.25, 0.3) is 6.08 Å². The molecule has 1 aromatic rings. The zero-order chi connectivity index (χ0) is 12.0. The molecule has 0 fully saturated rings. The van der Waals surface area contributed by atoms with Crippen molar-refractivity contribution in [3.8, 4) is 0 Å². The summed E-state index contributed by atoms with van der Waals surface area (Å²) in [4.78, 5) is 24.4. The Kier molecular flexibility index (Phi) is 4.65. The van der Waals surface area contributed by atoms with Gasteiger partial charge in [0.15, 0.2) is 5.12 Å². The third-order valence-electron chi connectivity index (χ3n) is 1.67. The van der Waals surface area contributed by atoms with E-state index >= 15 is 0 Å². The second kappa shape index (κ2) is 6.02. The molecular formula is C10H10N2O3S. The number of hydrogen-bond acceptors (Lipinski definition) is 5. The minimum atomic E-state index is -0.530. The maximum atomic E-state index is 10.6. The second-order valence-electron chi connectivity index (χ2n) is 2.88. The number of carbonyl (C=O) groups is 1. The monoisotopic (exact) mass is 238 g/mol. The summed E-state index contributed by atoms with van der Waals surface area (Å²) in [5.74, 6) is 0.327. The van der Waals surface area contributed by atoms with Gasteiger partial charge in [-0.05, 0) is 28.1 Å². The van der Waals surface area contributed by atoms with Gasteiger partial charge in [0.05, 0.1) is 5.56 Å². The minimum Gasteiger partial charge on any atom is -0.358 e. The Morgan fingerprint density at radius 3 is 3.06 bits per heavy atom. The Balaban J connectivity index is 2.73. The van der Waals surface area contributed by atoms with E-state index in [1.165, 1.54) is 13.1 Å². The van der Waals surface area contributed by atoms with Crippen LogP contribution in [-0.2, 0) is 4.79 Å². The van der Waals surface area contributed by atoms with Gasteiger partial charge in [-0.15, -0.1) is 0 Å². The minimum absolute atomic E-state index is 0.0188. The fourth-order valence-electron chi connectivity index (χ4n) is 1.03. The molecule has 0 saturated heterocycles. The van der Waals surface area contributed by atoms with Crippen molar-refractivity contribution in [2.24, 2.45) is 0 Å². The van der Waals surface area contributed by atoms with E-state index in [1.54, 1.807) is 24.3 Å². The molecule has 0 saturated carbocycles. The number of thioether (sulfide) groups is 1. The lowest BCUT2D eigenvalue weighted by Gasteiger charge is -1.95. The van der Waals surface area contributed by atoms with Crippen LogP contribution in [0.4, 0.5) is 5.82 Å². The summed E-state index contributed by atoms with van der Waals surface area (Å²) in [5, 5.41) is 10.6. The summed E-state index contributed by atoms with van der Waals surface area (Å²) in [6, 6.07) is 3.24. The molecule has 0 unspecified atom stereocenters. The van der Waals surface area contributed by atoms with E-state index in [4.69, 9.17) is 0 Å². The first-order chi connectivity index (χ1) is 7.61. The van der Waals surface area contributed by atoms with Gasteiger partial charge in [-0.1, -0.05) is 17.8 Å². The smallest absolute Gasteiger partial charge is 0.358 e. The molecule has 0 atom stereocenters. The van der Waals surface area contributed by atoms with Crippen LogP contribution in [0.5, 0.6) is 0 Å². The number of nitrogens with zero attached hydrogens (tertiary/aromatic N) is 2. The van der Waals surface area contributed by atoms with Crippen molar-refractivity contribution >= 4 is 28.8 Å². The zero-order valence-corrected chi connectivity index (χ0v) is 9.44. The van der Waals surface area contributed by atoms with Gasteiger partial charge < -0.3 is 10.1 Å². The first-order valence-corrected chi connectivity index (χ1v) is 5.49. The van der Waals surface area contributed by atoms with Crippen LogP contribution in [-0.4, -0.2) is 20.8 Å². The lowest BCUT2D eigenvalue weighted by molar-refractivity contribution is -0.389. The molecule has 1 heterocycles. The predicted molar refractivity (Wildman–Crippen MR) is 63.1 cm³/mol. The highest BCUT2D eigenvalue weighted by Crippen LogP contribution is 2.16. The first kappa shape index (κ1) is 12.4. The molecule has 6 heteroatoms. The Labute approximate surface area is 96.7 Å². The molecule has 0 aliphatic rings. The Morgan fingerprint density at radius 1 is 1.69 bits per heavy atom. The van der Waals surface area contributed by atoms with E-state index in [0.29, 0.717) is 11.3 Å². The average Bonchev–Trinajstić information content (AvgIpc) is 2.24. The van der Waals surface area contributed by atoms with Crippen molar-refractivity contribution in [2.75, 3.05) is 5.75 Å². The van der Waals surface area contributed by atoms with E-state index in [9.17, 15) is 14.9 Å². The third-order valence-corrected chi connectivity index (χ3v) is 2.44. The Hall–Kier alpha value is -1.69. The Morgan fingerprint density at radius 2 is 2.44 bits per heavy atom. The normalized spacial score (nSPS) is 10.6. The van der Waals surface area contributed by atoms with Crippen molar-refractivity contribution < 1.29 is 9.72 Å². The van der Waals surface area contributed by atoms with Crippen molar-refractivity contribution in [2.45, 2.75) is 6.92 Å². The van der Waals surface area contributed by atoms with Crippen LogP contribution in [0.15, 0.2) is 24.4 Å². The summed E-state index contributed by atoms with van der Waals surface area (Å²) in [7, 11) is 0. The fourth-order valence-corrected chi connectivity index (χ4v) is 1.46. The molecule has 16 heavy (non-hydrogen) atoms. The largest absolute Gasteiger partial charge is 0.370 e. The topological polar surface area (TPSA) is 73.1 Å². The van der Waals surface area contributed by atoms with E-state index in [1.807, 2.05) is 0 Å². The molecular weight excluding hydrogens is 228 g/mol. The standard InChI is InChI=1S/C10H10N2O3S/c1-8(13)16-7-3-5-9-4-2-6-11-10(9)12(14)15/h2-6H,7H2,1H3. The quantitative estimate of drug-likeness (QED) is 0.594. The molecule has 0 aliphatic carbocycles. The molecule has 0 aromatic carbocycles. The molecule has 0 bridgehead atoms. The number of pyridine rings is 1. The number of rotatable bonds is 4. The van der Waals surface area contributed by atoms with Gasteiger partial charge in [0.2, 0.25) is 0 Å². The van der Waals surface area contributed by atoms with Gasteiger partial charge in [0, 0.05) is 12.7 Å². The van der Waals surface area contributed by atoms with Crippen LogP contribution >= 0.6 is 11.8 Å². The summed E-state index contributed by atoms with van der Waals surface area (Å²) in [5.41, 5.74) is 0.441. The highest BCUT2D eigenvalue weighted by molar-refractivity contribution is 8.13. The highest BCUT2D eigenvalue weighted by Gasteiger charge is 2.10. The van der Waals surface area contributed by atoms with E-state index in [-0.39, 0.29) is 10.9 Å². The lowest BCUT2D eigenvalue weighted by Crippen LogP contribution is -1.94. The van der Waals surface area contributed by atoms with Gasteiger partial charge in [0.25, 0.3) is 0 Å². The molecule has 0 spiro atoms. The SMILES string of the molecule is CC(=O)SCC=Cc1cccnc1[N+](=O)[O-]. The summed E-state index contributed by atoms with van der Waals surface area (Å²) < 4.78 is 0. The first-order valence-electron chi connectivity index (χ1n) is 4.50. The third kappa shape index (κ3) is 3.82. The van der Waals surface area contributed by atoms with Gasteiger partial charge in [-0.25, -0.2) is 0 Å². The van der Waals surface area contributed by atoms with E-state index in [2.05, 4.69) is 4.98 Å². The van der Waals surface area contributed by atoms with E-state index in [0.717, 1.165) is 11.8 Å². The summed E-state index contributed by atoms with van der Waals surface area (Å²) in [6.07, 6.45) is 4.68. The fraction of sp³-hybridized carbons (Fsp3) is 0.200. The van der Waals surface area contributed by atoms with Crippen LogP contribution in [0.3, 0.4) is 0 Å². The molecule has 1 aromatic heterocycles.